The first-order chi connectivity index (χ1) is 12.4. The maximum Gasteiger partial charge on any atom is 0.433 e. The molecule has 0 radical (unpaired) electrons. The summed E-state index contributed by atoms with van der Waals surface area (Å²) in [6, 6.07) is 5.81. The van der Waals surface area contributed by atoms with Crippen LogP contribution in [-0.4, -0.2) is 32.9 Å². The number of thioether (sulfide) groups is 1. The van der Waals surface area contributed by atoms with Crippen molar-refractivity contribution in [2.75, 3.05) is 6.26 Å². The third kappa shape index (κ3) is 3.41. The average molecular weight is 394 g/mol. The largest absolute Gasteiger partial charge is 0.433 e. The van der Waals surface area contributed by atoms with E-state index in [1.807, 2.05) is 17.9 Å². The average Bonchev–Trinajstić information content (AvgIpc) is 3.19. The summed E-state index contributed by atoms with van der Waals surface area (Å²) in [6.45, 7) is 0. The molecule has 0 saturated heterocycles. The quantitative estimate of drug-likeness (QED) is 0.308. The van der Waals surface area contributed by atoms with Gasteiger partial charge in [-0.25, -0.2) is 10.4 Å². The van der Waals surface area contributed by atoms with Gasteiger partial charge in [-0.15, -0.1) is 0 Å². The Labute approximate surface area is 156 Å². The first kappa shape index (κ1) is 18.0. The highest BCUT2D eigenvalue weighted by molar-refractivity contribution is 7.98. The molecule has 3 aromatic rings. The zero-order valence-corrected chi connectivity index (χ0v) is 15.2. The molecule has 0 aliphatic heterocycles. The number of aryl methyl sites for hydroxylation is 1. The van der Waals surface area contributed by atoms with Crippen molar-refractivity contribution in [1.29, 1.82) is 0 Å². The van der Waals surface area contributed by atoms with Crippen LogP contribution < -0.4 is 5.43 Å². The van der Waals surface area contributed by atoms with Crippen LogP contribution in [0.15, 0.2) is 38.9 Å². The first-order valence-corrected chi connectivity index (χ1v) is 8.78. The Morgan fingerprint density at radius 2 is 2.27 bits per heavy atom. The lowest BCUT2D eigenvalue weighted by atomic mass is 10.2. The molecule has 0 bridgehead atoms. The number of nitrogens with zero attached hydrogens (tertiary/aromatic N) is 4. The van der Waals surface area contributed by atoms with Gasteiger partial charge in [0.15, 0.2) is 10.9 Å². The Balaban J connectivity index is 1.79. The molecule has 0 atom stereocenters. The summed E-state index contributed by atoms with van der Waals surface area (Å²) in [5, 5.41) is 15.3. The van der Waals surface area contributed by atoms with Gasteiger partial charge in [0.25, 0.3) is 5.91 Å². The van der Waals surface area contributed by atoms with Gasteiger partial charge in [0.1, 0.15) is 4.92 Å². The fourth-order valence-corrected chi connectivity index (χ4v) is 3.08. The predicted molar refractivity (Wildman–Crippen MR) is 97.9 cm³/mol. The van der Waals surface area contributed by atoms with Crippen molar-refractivity contribution < 1.29 is 14.1 Å². The summed E-state index contributed by atoms with van der Waals surface area (Å²) in [5.41, 5.74) is 3.96. The molecular formula is C15H12ClN5O4S. The molecule has 0 aliphatic rings. The van der Waals surface area contributed by atoms with Gasteiger partial charge < -0.3 is 8.98 Å². The molecule has 9 nitrogen and oxygen atoms in total. The number of nitrogens with one attached hydrogen (secondary N) is 1. The summed E-state index contributed by atoms with van der Waals surface area (Å²) in [5.74, 6) is -0.815. The van der Waals surface area contributed by atoms with Gasteiger partial charge in [0, 0.05) is 7.05 Å². The molecule has 1 N–H and O–H groups in total. The van der Waals surface area contributed by atoms with Gasteiger partial charge >= 0.3 is 5.88 Å². The number of rotatable bonds is 5. The SMILES string of the molecule is CSc1nc2cc(C(=O)N/N=C/c3ccc([N+](=O)[O-])o3)c(Cl)cc2n1C. The molecule has 2 heterocycles. The van der Waals surface area contributed by atoms with Gasteiger partial charge in [0.05, 0.1) is 33.9 Å². The number of hydrogen-bond donors (Lipinski definition) is 1. The number of carbonyl (C=O) groups excluding carboxylic acids is 1. The fourth-order valence-electron chi connectivity index (χ4n) is 2.27. The number of hydrazone groups is 1. The van der Waals surface area contributed by atoms with E-state index in [1.54, 1.807) is 12.1 Å². The van der Waals surface area contributed by atoms with Crippen LogP contribution in [0.3, 0.4) is 0 Å². The van der Waals surface area contributed by atoms with Crippen molar-refractivity contribution in [3.05, 3.63) is 50.7 Å². The van der Waals surface area contributed by atoms with Crippen molar-refractivity contribution >= 4 is 52.4 Å². The molecule has 134 valence electrons. The zero-order chi connectivity index (χ0) is 18.8. The molecule has 1 aromatic carbocycles. The van der Waals surface area contributed by atoms with Crippen LogP contribution in [0.4, 0.5) is 5.88 Å². The van der Waals surface area contributed by atoms with Gasteiger partial charge in [-0.1, -0.05) is 23.4 Å². The van der Waals surface area contributed by atoms with E-state index in [-0.39, 0.29) is 16.3 Å². The Morgan fingerprint density at radius 1 is 1.50 bits per heavy atom. The number of aromatic nitrogens is 2. The molecule has 0 aliphatic carbocycles. The van der Waals surface area contributed by atoms with E-state index in [9.17, 15) is 14.9 Å². The van der Waals surface area contributed by atoms with E-state index in [0.717, 1.165) is 16.9 Å². The van der Waals surface area contributed by atoms with Crippen LogP contribution in [0.5, 0.6) is 0 Å². The smallest absolute Gasteiger partial charge is 0.400 e. The minimum absolute atomic E-state index is 0.132. The lowest BCUT2D eigenvalue weighted by Gasteiger charge is -2.04. The molecule has 0 spiro atoms. The van der Waals surface area contributed by atoms with Crippen LogP contribution in [0, 0.1) is 10.1 Å². The monoisotopic (exact) mass is 393 g/mol. The number of imidazole rings is 1. The van der Waals surface area contributed by atoms with Crippen molar-refractivity contribution in [2.45, 2.75) is 5.16 Å². The standard InChI is InChI=1S/C15H12ClN5O4S/c1-20-12-6-10(16)9(5-11(12)18-15(20)26-2)14(22)19-17-7-8-3-4-13(25-8)21(23)24/h3-7H,1-2H3,(H,19,22)/b17-7+. The lowest BCUT2D eigenvalue weighted by Crippen LogP contribution is -2.18. The number of nitro groups is 1. The van der Waals surface area contributed by atoms with Gasteiger partial charge in [-0.2, -0.15) is 5.10 Å². The molecule has 0 saturated carbocycles. The van der Waals surface area contributed by atoms with Crippen molar-refractivity contribution in [2.24, 2.45) is 12.1 Å². The summed E-state index contributed by atoms with van der Waals surface area (Å²) >= 11 is 7.69. The molecule has 26 heavy (non-hydrogen) atoms. The summed E-state index contributed by atoms with van der Waals surface area (Å²) < 4.78 is 6.79. The third-order valence-electron chi connectivity index (χ3n) is 3.51. The Kier molecular flexibility index (Phi) is 4.96. The highest BCUT2D eigenvalue weighted by atomic mass is 35.5. The second kappa shape index (κ2) is 7.18. The number of halogens is 1. The minimum atomic E-state index is -0.666. The van der Waals surface area contributed by atoms with E-state index in [2.05, 4.69) is 15.5 Å². The van der Waals surface area contributed by atoms with E-state index < -0.39 is 16.7 Å². The molecule has 3 rings (SSSR count). The van der Waals surface area contributed by atoms with Crippen LogP contribution >= 0.6 is 23.4 Å². The topological polar surface area (TPSA) is 116 Å². The number of furan rings is 1. The number of hydrogen-bond acceptors (Lipinski definition) is 7. The molecule has 2 aromatic heterocycles. The second-order valence-corrected chi connectivity index (χ2v) is 6.29. The Hall–Kier alpha value is -2.85. The predicted octanol–water partition coefficient (Wildman–Crippen LogP) is 3.21. The summed E-state index contributed by atoms with van der Waals surface area (Å²) in [6.07, 6.45) is 3.06. The normalized spacial score (nSPS) is 11.3. The maximum atomic E-state index is 12.3. The maximum absolute atomic E-state index is 12.3. The number of benzene rings is 1. The highest BCUT2D eigenvalue weighted by Crippen LogP contribution is 2.27. The van der Waals surface area contributed by atoms with Crippen LogP contribution in [0.1, 0.15) is 16.1 Å². The van der Waals surface area contributed by atoms with Crippen molar-refractivity contribution in [1.82, 2.24) is 15.0 Å². The van der Waals surface area contributed by atoms with Gasteiger partial charge in [-0.3, -0.25) is 14.9 Å². The Bertz CT molecular complexity index is 1040. The van der Waals surface area contributed by atoms with Crippen molar-refractivity contribution in [3.8, 4) is 0 Å². The lowest BCUT2D eigenvalue weighted by molar-refractivity contribution is -0.402. The molecule has 0 unspecified atom stereocenters. The fraction of sp³-hybridized carbons (Fsp3) is 0.133. The van der Waals surface area contributed by atoms with E-state index >= 15 is 0 Å². The molecular weight excluding hydrogens is 382 g/mol. The van der Waals surface area contributed by atoms with Gasteiger partial charge in [0.2, 0.25) is 0 Å². The molecule has 11 heteroatoms. The van der Waals surface area contributed by atoms with Crippen LogP contribution in [0.2, 0.25) is 5.02 Å². The molecule has 1 amide bonds. The van der Waals surface area contributed by atoms with E-state index in [1.165, 1.54) is 23.9 Å². The number of amides is 1. The summed E-state index contributed by atoms with van der Waals surface area (Å²) in [4.78, 5) is 26.6. The molecule has 0 fully saturated rings. The Morgan fingerprint density at radius 3 is 2.92 bits per heavy atom. The minimum Gasteiger partial charge on any atom is -0.400 e. The second-order valence-electron chi connectivity index (χ2n) is 5.11. The number of carbonyl (C=O) groups is 1. The van der Waals surface area contributed by atoms with Crippen molar-refractivity contribution in [3.63, 3.8) is 0 Å². The number of fused-ring (bicyclic) bond motifs is 1. The van der Waals surface area contributed by atoms with E-state index in [4.69, 9.17) is 16.0 Å². The highest BCUT2D eigenvalue weighted by Gasteiger charge is 2.15. The van der Waals surface area contributed by atoms with Crippen LogP contribution in [0.25, 0.3) is 11.0 Å². The summed E-state index contributed by atoms with van der Waals surface area (Å²) in [7, 11) is 1.87. The van der Waals surface area contributed by atoms with E-state index in [0.29, 0.717) is 5.52 Å². The van der Waals surface area contributed by atoms with Crippen LogP contribution in [-0.2, 0) is 7.05 Å². The van der Waals surface area contributed by atoms with Gasteiger partial charge in [-0.05, 0) is 24.5 Å². The third-order valence-corrected chi connectivity index (χ3v) is 4.55. The zero-order valence-electron chi connectivity index (χ0n) is 13.6. The first-order valence-electron chi connectivity index (χ1n) is 7.18.